The highest BCUT2D eigenvalue weighted by Gasteiger charge is 2.37. The van der Waals surface area contributed by atoms with Crippen molar-refractivity contribution in [3.05, 3.63) is 58.9 Å². The smallest absolute Gasteiger partial charge is 0.254 e. The molecule has 3 heterocycles. The first-order valence-corrected chi connectivity index (χ1v) is 9.26. The predicted molar refractivity (Wildman–Crippen MR) is 102 cm³/mol. The quantitative estimate of drug-likeness (QED) is 0.691. The van der Waals surface area contributed by atoms with Crippen LogP contribution in [-0.2, 0) is 11.2 Å². The molecule has 7 heteroatoms. The minimum absolute atomic E-state index is 0.0970. The van der Waals surface area contributed by atoms with Gasteiger partial charge in [-0.15, -0.1) is 0 Å². The summed E-state index contributed by atoms with van der Waals surface area (Å²) in [6.45, 7) is 4.72. The van der Waals surface area contributed by atoms with Crippen LogP contribution in [0.1, 0.15) is 27.5 Å². The summed E-state index contributed by atoms with van der Waals surface area (Å²) in [5.74, 6) is 0.361. The number of hydrogen-bond acceptors (Lipinski definition) is 5. The Morgan fingerprint density at radius 1 is 1.25 bits per heavy atom. The molecule has 0 saturated carbocycles. The third-order valence-corrected chi connectivity index (χ3v) is 5.24. The van der Waals surface area contributed by atoms with Gasteiger partial charge >= 0.3 is 0 Å². The number of aromatic nitrogens is 2. The minimum atomic E-state index is -0.387. The molecule has 0 N–H and O–H groups in total. The summed E-state index contributed by atoms with van der Waals surface area (Å²) in [4.78, 5) is 19.4. The monoisotopic (exact) mass is 383 g/mol. The largest absolute Gasteiger partial charge is 0.379 e. The molecule has 146 valence electrons. The molecule has 1 saturated heterocycles. The summed E-state index contributed by atoms with van der Waals surface area (Å²) in [5, 5.41) is 4.45. The van der Waals surface area contributed by atoms with E-state index in [2.05, 4.69) is 10.1 Å². The van der Waals surface area contributed by atoms with Crippen LogP contribution >= 0.6 is 0 Å². The van der Waals surface area contributed by atoms with Crippen LogP contribution in [0.5, 0.6) is 0 Å². The summed E-state index contributed by atoms with van der Waals surface area (Å²) in [7, 11) is 1.65. The maximum absolute atomic E-state index is 13.8. The zero-order valence-electron chi connectivity index (χ0n) is 16.1. The zero-order valence-corrected chi connectivity index (χ0v) is 16.1. The lowest BCUT2D eigenvalue weighted by Crippen LogP contribution is -2.30. The lowest BCUT2D eigenvalue weighted by molar-refractivity contribution is 0.0673. The zero-order chi connectivity index (χ0) is 19.8. The van der Waals surface area contributed by atoms with Crippen molar-refractivity contribution in [1.29, 1.82) is 0 Å². The molecular formula is C21H22FN3O3. The van der Waals surface area contributed by atoms with Crippen molar-refractivity contribution >= 4 is 16.8 Å². The van der Waals surface area contributed by atoms with Crippen LogP contribution in [-0.4, -0.2) is 47.3 Å². The average molecular weight is 383 g/mol. The predicted octanol–water partition coefficient (Wildman–Crippen LogP) is 3.31. The van der Waals surface area contributed by atoms with Gasteiger partial charge in [0.1, 0.15) is 11.6 Å². The summed E-state index contributed by atoms with van der Waals surface area (Å²) in [5.41, 5.74) is 2.63. The molecule has 1 amide bonds. The Kier molecular flexibility index (Phi) is 4.85. The van der Waals surface area contributed by atoms with Crippen molar-refractivity contribution < 1.29 is 18.4 Å². The van der Waals surface area contributed by atoms with E-state index in [1.54, 1.807) is 24.1 Å². The van der Waals surface area contributed by atoms with Crippen molar-refractivity contribution in [2.45, 2.75) is 26.4 Å². The molecular weight excluding hydrogens is 361 g/mol. The fraction of sp³-hybridized carbons (Fsp3) is 0.381. The van der Waals surface area contributed by atoms with Gasteiger partial charge in [0.2, 0.25) is 0 Å². The second-order valence-electron chi connectivity index (χ2n) is 7.36. The van der Waals surface area contributed by atoms with Gasteiger partial charge in [-0.1, -0.05) is 5.16 Å². The molecule has 1 aliphatic heterocycles. The lowest BCUT2D eigenvalue weighted by atomic mass is 10.0. The second-order valence-corrected chi connectivity index (χ2v) is 7.36. The van der Waals surface area contributed by atoms with E-state index < -0.39 is 0 Å². The number of hydrogen-bond donors (Lipinski definition) is 0. The molecule has 2 atom stereocenters. The molecule has 0 aliphatic carbocycles. The maximum atomic E-state index is 13.8. The van der Waals surface area contributed by atoms with E-state index in [1.807, 2.05) is 19.9 Å². The second kappa shape index (κ2) is 7.31. The molecule has 1 aliphatic rings. The number of likely N-dealkylation sites (tertiary alicyclic amines) is 1. The van der Waals surface area contributed by atoms with Crippen molar-refractivity contribution in [3.8, 4) is 0 Å². The van der Waals surface area contributed by atoms with Crippen molar-refractivity contribution in [2.24, 2.45) is 5.92 Å². The van der Waals surface area contributed by atoms with Gasteiger partial charge in [-0.2, -0.15) is 0 Å². The Morgan fingerprint density at radius 2 is 2.07 bits per heavy atom. The summed E-state index contributed by atoms with van der Waals surface area (Å²) in [6, 6.07) is 7.95. The number of nitrogens with zero attached hydrogens (tertiary/aromatic N) is 3. The molecule has 1 fully saturated rings. The first-order chi connectivity index (χ1) is 13.4. The fourth-order valence-corrected chi connectivity index (χ4v) is 3.92. The highest BCUT2D eigenvalue weighted by molar-refractivity contribution is 6.06. The van der Waals surface area contributed by atoms with Gasteiger partial charge in [0.05, 0.1) is 22.9 Å². The SMILES string of the molecule is CO[C@H]1CN(C(=O)c2cc(C)nc3ccc(F)cc23)C[C@H]1Cc1cc(C)no1. The molecule has 4 rings (SSSR count). The number of amides is 1. The standard InChI is InChI=1S/C21H22FN3O3/c1-12-7-18(17-9-15(22)4-5-19(17)23-12)21(26)25-10-14(20(11-25)27-3)8-16-6-13(2)24-28-16/h4-7,9,14,20H,8,10-11H2,1-3H3/t14-,20+/m1/s1. The highest BCUT2D eigenvalue weighted by Crippen LogP contribution is 2.28. The van der Waals surface area contributed by atoms with E-state index in [0.29, 0.717) is 36.0 Å². The van der Waals surface area contributed by atoms with Crippen molar-refractivity contribution in [2.75, 3.05) is 20.2 Å². The molecule has 0 unspecified atom stereocenters. The molecule has 6 nitrogen and oxygen atoms in total. The van der Waals surface area contributed by atoms with Gasteiger partial charge in [-0.3, -0.25) is 9.78 Å². The number of benzene rings is 1. The molecule has 28 heavy (non-hydrogen) atoms. The number of pyridine rings is 1. The number of fused-ring (bicyclic) bond motifs is 1. The van der Waals surface area contributed by atoms with Gasteiger partial charge < -0.3 is 14.2 Å². The van der Waals surface area contributed by atoms with E-state index >= 15 is 0 Å². The van der Waals surface area contributed by atoms with E-state index in [1.165, 1.54) is 12.1 Å². The van der Waals surface area contributed by atoms with E-state index in [0.717, 1.165) is 17.1 Å². The summed E-state index contributed by atoms with van der Waals surface area (Å²) < 4.78 is 24.7. The average Bonchev–Trinajstić information content (AvgIpc) is 3.27. The van der Waals surface area contributed by atoms with Crippen molar-refractivity contribution in [3.63, 3.8) is 0 Å². The van der Waals surface area contributed by atoms with E-state index in [-0.39, 0.29) is 23.7 Å². The Labute approximate surface area is 162 Å². The van der Waals surface area contributed by atoms with Crippen LogP contribution < -0.4 is 0 Å². The number of aryl methyl sites for hydroxylation is 2. The Morgan fingerprint density at radius 3 is 2.79 bits per heavy atom. The number of rotatable bonds is 4. The number of halogens is 1. The van der Waals surface area contributed by atoms with Gasteiger partial charge in [0.15, 0.2) is 0 Å². The van der Waals surface area contributed by atoms with Crippen LogP contribution in [0.4, 0.5) is 4.39 Å². The van der Waals surface area contributed by atoms with Gasteiger partial charge in [-0.05, 0) is 38.1 Å². The molecule has 1 aromatic carbocycles. The van der Waals surface area contributed by atoms with E-state index in [4.69, 9.17) is 9.26 Å². The minimum Gasteiger partial charge on any atom is -0.379 e. The molecule has 2 aromatic heterocycles. The summed E-state index contributed by atoms with van der Waals surface area (Å²) in [6.07, 6.45) is 0.550. The third kappa shape index (κ3) is 3.49. The van der Waals surface area contributed by atoms with Crippen LogP contribution in [0.25, 0.3) is 10.9 Å². The number of carbonyl (C=O) groups is 1. The normalized spacial score (nSPS) is 19.5. The Bertz CT molecular complexity index is 1030. The maximum Gasteiger partial charge on any atom is 0.254 e. The van der Waals surface area contributed by atoms with Crippen LogP contribution in [0.15, 0.2) is 34.9 Å². The van der Waals surface area contributed by atoms with Crippen LogP contribution in [0.2, 0.25) is 0 Å². The lowest BCUT2D eigenvalue weighted by Gasteiger charge is -2.18. The van der Waals surface area contributed by atoms with E-state index in [9.17, 15) is 9.18 Å². The molecule has 0 spiro atoms. The van der Waals surface area contributed by atoms with Crippen molar-refractivity contribution in [1.82, 2.24) is 15.0 Å². The molecule has 0 bridgehead atoms. The Hall–Kier alpha value is -2.80. The van der Waals surface area contributed by atoms with Gasteiger partial charge in [0, 0.05) is 49.7 Å². The molecule has 0 radical (unpaired) electrons. The fourth-order valence-electron chi connectivity index (χ4n) is 3.92. The van der Waals surface area contributed by atoms with Crippen LogP contribution in [0, 0.1) is 25.6 Å². The number of ether oxygens (including phenoxy) is 1. The first-order valence-electron chi connectivity index (χ1n) is 9.26. The first kappa shape index (κ1) is 18.6. The topological polar surface area (TPSA) is 68.5 Å². The molecule has 3 aromatic rings. The number of carbonyl (C=O) groups excluding carboxylic acids is 1. The summed E-state index contributed by atoms with van der Waals surface area (Å²) >= 11 is 0. The van der Waals surface area contributed by atoms with Gasteiger partial charge in [0.25, 0.3) is 5.91 Å². The Balaban J connectivity index is 1.61. The van der Waals surface area contributed by atoms with Crippen LogP contribution in [0.3, 0.4) is 0 Å². The van der Waals surface area contributed by atoms with Gasteiger partial charge in [-0.25, -0.2) is 4.39 Å². The third-order valence-electron chi connectivity index (χ3n) is 5.24. The number of methoxy groups -OCH3 is 1. The highest BCUT2D eigenvalue weighted by atomic mass is 19.1.